The zero-order valence-electron chi connectivity index (χ0n) is 18.3. The fraction of sp³-hybridized carbons (Fsp3) is 0.208. The topological polar surface area (TPSA) is 69.7 Å². The molecule has 9 heteroatoms. The van der Waals surface area contributed by atoms with Gasteiger partial charge >= 0.3 is 0 Å². The molecule has 0 saturated carbocycles. The van der Waals surface area contributed by atoms with Crippen molar-refractivity contribution in [2.24, 2.45) is 0 Å². The van der Waals surface area contributed by atoms with Crippen molar-refractivity contribution >= 4 is 21.6 Å². The average Bonchev–Trinajstić information content (AvgIpc) is 2.79. The summed E-state index contributed by atoms with van der Waals surface area (Å²) >= 11 is 0. The zero-order valence-corrected chi connectivity index (χ0v) is 19.1. The number of carbonyl (C=O) groups excluding carboxylic acids is 1. The Balaban J connectivity index is 1.77. The predicted octanol–water partition coefficient (Wildman–Crippen LogP) is 3.97. The first-order valence-corrected chi connectivity index (χ1v) is 11.7. The zero-order chi connectivity index (χ0) is 24.0. The summed E-state index contributed by atoms with van der Waals surface area (Å²) in [6.45, 7) is 1.05. The van der Waals surface area contributed by atoms with Crippen molar-refractivity contribution < 1.29 is 22.0 Å². The normalized spacial score (nSPS) is 11.4. The molecule has 0 fully saturated rings. The molecule has 3 aromatic rings. The number of hydrogen-bond donors (Lipinski definition) is 1. The smallest absolute Gasteiger partial charge is 0.261 e. The van der Waals surface area contributed by atoms with Gasteiger partial charge in [0, 0.05) is 30.9 Å². The van der Waals surface area contributed by atoms with Crippen LogP contribution in [0.25, 0.3) is 0 Å². The Morgan fingerprint density at radius 2 is 1.55 bits per heavy atom. The highest BCUT2D eigenvalue weighted by Crippen LogP contribution is 2.18. The summed E-state index contributed by atoms with van der Waals surface area (Å²) in [6, 6.07) is 17.6. The fourth-order valence-corrected chi connectivity index (χ4v) is 4.19. The van der Waals surface area contributed by atoms with E-state index in [1.54, 1.807) is 18.2 Å². The number of sulfonamides is 1. The molecule has 0 heterocycles. The molecule has 33 heavy (non-hydrogen) atoms. The lowest BCUT2D eigenvalue weighted by Crippen LogP contribution is -2.36. The fourth-order valence-electron chi connectivity index (χ4n) is 3.11. The number of halogens is 2. The monoisotopic (exact) mass is 473 g/mol. The Hall–Kier alpha value is -3.30. The largest absolute Gasteiger partial charge is 0.333 e. The molecule has 0 spiro atoms. The molecule has 6 nitrogen and oxygen atoms in total. The summed E-state index contributed by atoms with van der Waals surface area (Å²) in [5.41, 5.74) is 1.13. The lowest BCUT2D eigenvalue weighted by Gasteiger charge is -2.25. The third-order valence-electron chi connectivity index (χ3n) is 4.90. The maximum absolute atomic E-state index is 13.6. The van der Waals surface area contributed by atoms with Crippen LogP contribution in [0.3, 0.4) is 0 Å². The van der Waals surface area contributed by atoms with Crippen LogP contribution in [0.1, 0.15) is 15.9 Å². The van der Waals surface area contributed by atoms with Crippen LogP contribution in [-0.4, -0.2) is 51.3 Å². The minimum atomic E-state index is -3.75. The van der Waals surface area contributed by atoms with Crippen molar-refractivity contribution in [2.45, 2.75) is 11.4 Å². The molecule has 0 saturated heterocycles. The number of likely N-dealkylation sites (N-methyl/N-ethyl adjacent to an activating group) is 1. The third kappa shape index (κ3) is 6.59. The van der Waals surface area contributed by atoms with E-state index in [1.807, 2.05) is 19.0 Å². The molecule has 3 aromatic carbocycles. The van der Waals surface area contributed by atoms with Gasteiger partial charge in [-0.25, -0.2) is 17.2 Å². The first-order chi connectivity index (χ1) is 15.7. The number of nitrogens with one attached hydrogen (secondary N) is 1. The van der Waals surface area contributed by atoms with Crippen LogP contribution in [0.5, 0.6) is 0 Å². The maximum Gasteiger partial charge on any atom is 0.261 e. The van der Waals surface area contributed by atoms with E-state index in [4.69, 9.17) is 0 Å². The van der Waals surface area contributed by atoms with Gasteiger partial charge in [0.15, 0.2) is 11.6 Å². The molecule has 0 aliphatic heterocycles. The molecule has 174 valence electrons. The molecular weight excluding hydrogens is 448 g/mol. The lowest BCUT2D eigenvalue weighted by molar-refractivity contribution is 0.0731. The van der Waals surface area contributed by atoms with E-state index in [2.05, 4.69) is 4.72 Å². The van der Waals surface area contributed by atoms with Crippen LogP contribution in [0.2, 0.25) is 0 Å². The Kier molecular flexibility index (Phi) is 7.78. The second-order valence-corrected chi connectivity index (χ2v) is 9.46. The van der Waals surface area contributed by atoms with Gasteiger partial charge in [-0.1, -0.05) is 24.3 Å². The third-order valence-corrected chi connectivity index (χ3v) is 6.30. The van der Waals surface area contributed by atoms with E-state index in [0.717, 1.165) is 12.1 Å². The summed E-state index contributed by atoms with van der Waals surface area (Å²) in [4.78, 5) is 16.7. The molecular formula is C24H25F2N3O3S. The SMILES string of the molecule is CN(C)CCN(Cc1ccc(F)c(F)c1)C(=O)c1ccc(NS(=O)(=O)c2ccccc2)cc1. The second-order valence-electron chi connectivity index (χ2n) is 7.77. The van der Waals surface area contributed by atoms with Gasteiger partial charge in [0.25, 0.3) is 15.9 Å². The molecule has 1 N–H and O–H groups in total. The van der Waals surface area contributed by atoms with E-state index < -0.39 is 21.7 Å². The lowest BCUT2D eigenvalue weighted by atomic mass is 10.1. The summed E-state index contributed by atoms with van der Waals surface area (Å²) in [6.07, 6.45) is 0. The van der Waals surface area contributed by atoms with Crippen LogP contribution in [0.15, 0.2) is 77.7 Å². The van der Waals surface area contributed by atoms with Gasteiger partial charge in [0.05, 0.1) is 4.90 Å². The molecule has 0 radical (unpaired) electrons. The first kappa shape index (κ1) is 24.3. The summed E-state index contributed by atoms with van der Waals surface area (Å²) in [5.74, 6) is -2.22. The molecule has 0 unspecified atom stereocenters. The van der Waals surface area contributed by atoms with Crippen LogP contribution >= 0.6 is 0 Å². The number of carbonyl (C=O) groups is 1. The highest BCUT2D eigenvalue weighted by molar-refractivity contribution is 7.92. The van der Waals surface area contributed by atoms with E-state index in [1.165, 1.54) is 47.4 Å². The molecule has 0 aliphatic carbocycles. The number of amides is 1. The number of benzene rings is 3. The van der Waals surface area contributed by atoms with Gasteiger partial charge in [0.1, 0.15) is 0 Å². The van der Waals surface area contributed by atoms with Crippen molar-refractivity contribution in [3.63, 3.8) is 0 Å². The predicted molar refractivity (Wildman–Crippen MR) is 123 cm³/mol. The number of hydrogen-bond acceptors (Lipinski definition) is 4. The second kappa shape index (κ2) is 10.5. The number of rotatable bonds is 9. The number of nitrogens with zero attached hydrogens (tertiary/aromatic N) is 2. The minimum Gasteiger partial charge on any atom is -0.333 e. The molecule has 3 rings (SSSR count). The highest BCUT2D eigenvalue weighted by atomic mass is 32.2. The van der Waals surface area contributed by atoms with Crippen LogP contribution in [0, 0.1) is 11.6 Å². The minimum absolute atomic E-state index is 0.103. The Morgan fingerprint density at radius 3 is 2.15 bits per heavy atom. The van der Waals surface area contributed by atoms with E-state index in [-0.39, 0.29) is 17.3 Å². The van der Waals surface area contributed by atoms with Crippen LogP contribution < -0.4 is 4.72 Å². The van der Waals surface area contributed by atoms with Gasteiger partial charge in [-0.3, -0.25) is 9.52 Å². The summed E-state index contributed by atoms with van der Waals surface area (Å²) < 4.78 is 54.3. The van der Waals surface area contributed by atoms with Crippen LogP contribution in [0.4, 0.5) is 14.5 Å². The standard InChI is InChI=1S/C24H25F2N3O3S/c1-28(2)14-15-29(17-18-8-13-22(25)23(26)16-18)24(30)19-9-11-20(12-10-19)27-33(31,32)21-6-4-3-5-7-21/h3-13,16,27H,14-15,17H2,1-2H3. The Bertz CT molecular complexity index is 1200. The van der Waals surface area contributed by atoms with Gasteiger partial charge < -0.3 is 9.80 Å². The summed E-state index contributed by atoms with van der Waals surface area (Å²) in [5, 5.41) is 0. The van der Waals surface area contributed by atoms with Gasteiger partial charge in [0.2, 0.25) is 0 Å². The van der Waals surface area contributed by atoms with Crippen molar-refractivity contribution in [1.82, 2.24) is 9.80 Å². The van der Waals surface area contributed by atoms with Crippen molar-refractivity contribution in [3.8, 4) is 0 Å². The first-order valence-electron chi connectivity index (χ1n) is 10.2. The van der Waals surface area contributed by atoms with Crippen molar-refractivity contribution in [3.05, 3.63) is 95.6 Å². The van der Waals surface area contributed by atoms with Gasteiger partial charge in [-0.05, 0) is 68.2 Å². The van der Waals surface area contributed by atoms with Gasteiger partial charge in [-0.2, -0.15) is 0 Å². The van der Waals surface area contributed by atoms with E-state index in [0.29, 0.717) is 29.9 Å². The van der Waals surface area contributed by atoms with E-state index >= 15 is 0 Å². The van der Waals surface area contributed by atoms with Crippen molar-refractivity contribution in [2.75, 3.05) is 31.9 Å². The Labute approximate surface area is 192 Å². The average molecular weight is 474 g/mol. The quantitative estimate of drug-likeness (QED) is 0.511. The highest BCUT2D eigenvalue weighted by Gasteiger charge is 2.18. The van der Waals surface area contributed by atoms with Crippen LogP contribution in [-0.2, 0) is 16.6 Å². The Morgan fingerprint density at radius 1 is 0.879 bits per heavy atom. The van der Waals surface area contributed by atoms with E-state index in [9.17, 15) is 22.0 Å². The molecule has 0 bridgehead atoms. The van der Waals surface area contributed by atoms with Crippen molar-refractivity contribution in [1.29, 1.82) is 0 Å². The number of anilines is 1. The molecule has 0 aliphatic rings. The molecule has 1 amide bonds. The molecule has 0 atom stereocenters. The maximum atomic E-state index is 13.6. The summed E-state index contributed by atoms with van der Waals surface area (Å²) in [7, 11) is -0.00841. The molecule has 0 aromatic heterocycles. The van der Waals surface area contributed by atoms with Gasteiger partial charge in [-0.15, -0.1) is 0 Å².